The molecule has 0 radical (unpaired) electrons. The molecule has 6 heteroatoms. The topological polar surface area (TPSA) is 60.3 Å². The molecule has 1 aliphatic carbocycles. The smallest absolute Gasteiger partial charge is 0.265 e. The van der Waals surface area contributed by atoms with Crippen molar-refractivity contribution in [1.82, 2.24) is 9.88 Å². The van der Waals surface area contributed by atoms with Crippen LogP contribution >= 0.6 is 11.3 Å². The van der Waals surface area contributed by atoms with Crippen molar-refractivity contribution in [2.45, 2.75) is 45.1 Å². The molecule has 2 aromatic heterocycles. The molecule has 1 atom stereocenters. The number of fused-ring (bicyclic) bond motifs is 4. The first-order valence-electron chi connectivity index (χ1n) is 11.7. The molecule has 2 aromatic carbocycles. The number of unbranched alkanes of at least 4 members (excludes halogenated alkanes) is 1. The molecule has 0 saturated carbocycles. The zero-order valence-electron chi connectivity index (χ0n) is 19.0. The molecule has 1 unspecified atom stereocenters. The van der Waals surface area contributed by atoms with Crippen molar-refractivity contribution >= 4 is 38.2 Å². The van der Waals surface area contributed by atoms with Crippen LogP contribution in [-0.2, 0) is 13.5 Å². The Kier molecular flexibility index (Phi) is 5.94. The number of carbonyl (C=O) groups excluding carboxylic acids is 1. The molecule has 0 saturated heterocycles. The van der Waals surface area contributed by atoms with E-state index in [1.807, 2.05) is 30.3 Å². The number of amides is 1. The number of pyridine rings is 1. The third kappa shape index (κ3) is 3.82. The lowest BCUT2D eigenvalue weighted by Crippen LogP contribution is -2.30. The molecular formula is C27H28N2O3S. The molecule has 1 amide bonds. The molecule has 0 bridgehead atoms. The van der Waals surface area contributed by atoms with Crippen LogP contribution in [0.25, 0.3) is 21.0 Å². The number of benzene rings is 2. The molecule has 33 heavy (non-hydrogen) atoms. The Morgan fingerprint density at radius 1 is 1.18 bits per heavy atom. The van der Waals surface area contributed by atoms with Crippen molar-refractivity contribution in [1.29, 1.82) is 0 Å². The summed E-state index contributed by atoms with van der Waals surface area (Å²) in [6.07, 6.45) is 4.83. The zero-order valence-corrected chi connectivity index (χ0v) is 19.8. The molecule has 1 N–H and O–H groups in total. The lowest BCUT2D eigenvalue weighted by Gasteiger charge is -2.26. The van der Waals surface area contributed by atoms with Crippen LogP contribution in [0.1, 0.15) is 59.4 Å². The largest absolute Gasteiger partial charge is 0.491 e. The summed E-state index contributed by atoms with van der Waals surface area (Å²) in [6, 6.07) is 16.1. The molecular weight excluding hydrogens is 432 g/mol. The molecule has 5 nitrogen and oxygen atoms in total. The second-order valence-electron chi connectivity index (χ2n) is 8.66. The van der Waals surface area contributed by atoms with Gasteiger partial charge in [0.15, 0.2) is 5.75 Å². The van der Waals surface area contributed by atoms with Gasteiger partial charge in [0.1, 0.15) is 10.3 Å². The molecule has 0 fully saturated rings. The summed E-state index contributed by atoms with van der Waals surface area (Å²) >= 11 is 1.36. The number of ether oxygens (including phenoxy) is 1. The zero-order chi connectivity index (χ0) is 22.9. The van der Waals surface area contributed by atoms with Crippen molar-refractivity contribution in [2.24, 2.45) is 7.05 Å². The van der Waals surface area contributed by atoms with E-state index in [0.717, 1.165) is 47.7 Å². The first kappa shape index (κ1) is 21.7. The van der Waals surface area contributed by atoms with E-state index in [1.165, 1.54) is 22.5 Å². The Labute approximate surface area is 197 Å². The van der Waals surface area contributed by atoms with Crippen LogP contribution in [0.5, 0.6) is 5.75 Å². The van der Waals surface area contributed by atoms with Crippen LogP contribution in [0.2, 0.25) is 0 Å². The van der Waals surface area contributed by atoms with Crippen LogP contribution in [0, 0.1) is 0 Å². The van der Waals surface area contributed by atoms with Gasteiger partial charge in [0.25, 0.3) is 11.5 Å². The number of aromatic nitrogens is 1. The Balaban J connectivity index is 1.62. The Hall–Kier alpha value is -3.12. The van der Waals surface area contributed by atoms with E-state index in [1.54, 1.807) is 11.6 Å². The van der Waals surface area contributed by atoms with Gasteiger partial charge in [0, 0.05) is 12.4 Å². The molecule has 0 aliphatic heterocycles. The molecule has 170 valence electrons. The Bertz CT molecular complexity index is 1400. The van der Waals surface area contributed by atoms with Crippen LogP contribution in [0.3, 0.4) is 0 Å². The maximum atomic E-state index is 13.6. The minimum atomic E-state index is -0.171. The van der Waals surface area contributed by atoms with E-state index >= 15 is 0 Å². The molecule has 5 rings (SSSR count). The monoisotopic (exact) mass is 460 g/mol. The van der Waals surface area contributed by atoms with Crippen LogP contribution < -0.4 is 15.6 Å². The lowest BCUT2D eigenvalue weighted by atomic mass is 9.88. The van der Waals surface area contributed by atoms with E-state index in [2.05, 4.69) is 30.4 Å². The maximum Gasteiger partial charge on any atom is 0.265 e. The number of carbonyl (C=O) groups is 1. The van der Waals surface area contributed by atoms with Gasteiger partial charge in [-0.1, -0.05) is 55.8 Å². The molecule has 4 aromatic rings. The summed E-state index contributed by atoms with van der Waals surface area (Å²) in [4.78, 5) is 27.4. The quantitative estimate of drug-likeness (QED) is 0.373. The number of aryl methyl sites for hydroxylation is 2. The van der Waals surface area contributed by atoms with Gasteiger partial charge in [0.05, 0.1) is 22.9 Å². The predicted octanol–water partition coefficient (Wildman–Crippen LogP) is 5.74. The highest BCUT2D eigenvalue weighted by Crippen LogP contribution is 2.40. The minimum absolute atomic E-state index is 0.0317. The average molecular weight is 461 g/mol. The second-order valence-corrected chi connectivity index (χ2v) is 9.69. The predicted molar refractivity (Wildman–Crippen MR) is 135 cm³/mol. The van der Waals surface area contributed by atoms with Crippen LogP contribution in [0.15, 0.2) is 53.3 Å². The van der Waals surface area contributed by atoms with Crippen LogP contribution in [-0.4, -0.2) is 17.1 Å². The van der Waals surface area contributed by atoms with Gasteiger partial charge in [-0.3, -0.25) is 9.59 Å². The number of thiophene rings is 1. The fourth-order valence-corrected chi connectivity index (χ4v) is 5.94. The Morgan fingerprint density at radius 3 is 2.82 bits per heavy atom. The van der Waals surface area contributed by atoms with Gasteiger partial charge in [-0.15, -0.1) is 11.3 Å². The summed E-state index contributed by atoms with van der Waals surface area (Å²) in [6.45, 7) is 2.57. The van der Waals surface area contributed by atoms with E-state index in [4.69, 9.17) is 4.74 Å². The maximum absolute atomic E-state index is 13.6. The van der Waals surface area contributed by atoms with Gasteiger partial charge in [-0.25, -0.2) is 0 Å². The minimum Gasteiger partial charge on any atom is -0.491 e. The third-order valence-electron chi connectivity index (χ3n) is 6.52. The van der Waals surface area contributed by atoms with Gasteiger partial charge in [-0.05, 0) is 42.9 Å². The van der Waals surface area contributed by atoms with E-state index in [9.17, 15) is 9.59 Å². The summed E-state index contributed by atoms with van der Waals surface area (Å²) in [5.41, 5.74) is 3.20. The normalized spacial score (nSPS) is 15.5. The van der Waals surface area contributed by atoms with E-state index in [0.29, 0.717) is 22.6 Å². The lowest BCUT2D eigenvalue weighted by molar-refractivity contribution is 0.0933. The molecule has 2 heterocycles. The standard InChI is InChI=1S/C27H28N2O3S/c1-3-4-16-32-23-22-24(19-13-7-8-15-21(19)29(2)27(22)31)33-25(23)26(30)28-20-14-9-11-17-10-5-6-12-18(17)20/h5-8,10,12-13,15,20H,3-4,9,11,14,16H2,1-2H3,(H,28,30). The van der Waals surface area contributed by atoms with Gasteiger partial charge in [-0.2, -0.15) is 0 Å². The van der Waals surface area contributed by atoms with Gasteiger partial charge >= 0.3 is 0 Å². The highest BCUT2D eigenvalue weighted by atomic mass is 32.1. The van der Waals surface area contributed by atoms with Gasteiger partial charge in [0.2, 0.25) is 0 Å². The number of nitrogens with zero attached hydrogens (tertiary/aromatic N) is 1. The first-order valence-corrected chi connectivity index (χ1v) is 12.5. The molecule has 1 aliphatic rings. The summed E-state index contributed by atoms with van der Waals surface area (Å²) in [5, 5.41) is 4.71. The highest BCUT2D eigenvalue weighted by molar-refractivity contribution is 7.22. The number of hydrogen-bond donors (Lipinski definition) is 1. The summed E-state index contributed by atoms with van der Waals surface area (Å²) in [5.74, 6) is 0.256. The fraction of sp³-hybridized carbons (Fsp3) is 0.333. The third-order valence-corrected chi connectivity index (χ3v) is 7.72. The van der Waals surface area contributed by atoms with Crippen molar-refractivity contribution in [3.8, 4) is 5.75 Å². The number of hydrogen-bond acceptors (Lipinski definition) is 4. The second kappa shape index (κ2) is 9.02. The SMILES string of the molecule is CCCCOc1c(C(=O)NC2CCCc3ccccc32)sc2c1c(=O)n(C)c1ccccc21. The van der Waals surface area contributed by atoms with E-state index in [-0.39, 0.29) is 17.5 Å². The fourth-order valence-electron chi connectivity index (χ4n) is 4.77. The number of nitrogens with one attached hydrogen (secondary N) is 1. The van der Waals surface area contributed by atoms with Crippen LogP contribution in [0.4, 0.5) is 0 Å². The van der Waals surface area contributed by atoms with Crippen molar-refractivity contribution in [3.63, 3.8) is 0 Å². The first-order chi connectivity index (χ1) is 16.1. The summed E-state index contributed by atoms with van der Waals surface area (Å²) in [7, 11) is 1.77. The summed E-state index contributed by atoms with van der Waals surface area (Å²) < 4.78 is 8.59. The van der Waals surface area contributed by atoms with Crippen molar-refractivity contribution in [2.75, 3.05) is 6.61 Å². The molecule has 0 spiro atoms. The highest BCUT2D eigenvalue weighted by Gasteiger charge is 2.28. The Morgan fingerprint density at radius 2 is 1.97 bits per heavy atom. The number of para-hydroxylation sites is 1. The van der Waals surface area contributed by atoms with Crippen molar-refractivity contribution < 1.29 is 9.53 Å². The van der Waals surface area contributed by atoms with E-state index < -0.39 is 0 Å². The van der Waals surface area contributed by atoms with Gasteiger partial charge < -0.3 is 14.6 Å². The average Bonchev–Trinajstić information content (AvgIpc) is 3.23. The number of rotatable bonds is 6. The van der Waals surface area contributed by atoms with Crippen molar-refractivity contribution in [3.05, 3.63) is 74.9 Å².